The van der Waals surface area contributed by atoms with Gasteiger partial charge in [-0.1, -0.05) is 267 Å². The van der Waals surface area contributed by atoms with E-state index in [1.807, 2.05) is 6.08 Å². The molecule has 3 N–H and O–H groups in total. The van der Waals surface area contributed by atoms with Gasteiger partial charge in [0.25, 0.3) is 0 Å². The zero-order valence-electron chi connectivity index (χ0n) is 42.3. The first kappa shape index (κ1) is 61.1. The highest BCUT2D eigenvalue weighted by molar-refractivity contribution is 5.76. The van der Waals surface area contributed by atoms with Crippen LogP contribution in [0.15, 0.2) is 60.8 Å². The van der Waals surface area contributed by atoms with Crippen LogP contribution in [0.25, 0.3) is 0 Å². The molecule has 0 radical (unpaired) electrons. The van der Waals surface area contributed by atoms with Crippen LogP contribution in [0.4, 0.5) is 0 Å². The maximum atomic E-state index is 12.5. The summed E-state index contributed by atoms with van der Waals surface area (Å²) in [5.74, 6) is -0.0762. The first-order valence-corrected chi connectivity index (χ1v) is 28.0. The molecule has 4 nitrogen and oxygen atoms in total. The van der Waals surface area contributed by atoms with Crippen LogP contribution in [-0.4, -0.2) is 34.9 Å². The van der Waals surface area contributed by atoms with E-state index in [9.17, 15) is 15.0 Å². The highest BCUT2D eigenvalue weighted by atomic mass is 16.3. The van der Waals surface area contributed by atoms with E-state index in [-0.39, 0.29) is 12.5 Å². The Morgan fingerprint density at radius 2 is 0.667 bits per heavy atom. The summed E-state index contributed by atoms with van der Waals surface area (Å²) in [5, 5.41) is 23.1. The molecule has 0 saturated carbocycles. The maximum Gasteiger partial charge on any atom is 0.220 e. The fourth-order valence-corrected chi connectivity index (χ4v) is 8.42. The van der Waals surface area contributed by atoms with Gasteiger partial charge >= 0.3 is 0 Å². The zero-order valence-corrected chi connectivity index (χ0v) is 42.3. The number of aliphatic hydroxyl groups excluding tert-OH is 2. The van der Waals surface area contributed by atoms with Crippen LogP contribution < -0.4 is 5.32 Å². The molecule has 2 atom stereocenters. The normalized spacial score (nSPS) is 13.3. The standard InChI is InChI=1S/C59H109NO3/c1-3-5-7-9-11-13-15-17-19-21-23-25-27-29-30-31-33-35-37-39-41-43-45-47-49-51-53-55-59(63)60-57(56-61)58(62)54-52-50-48-46-44-42-40-38-36-34-32-28-26-24-22-20-18-16-14-12-10-8-6-4-2/h15,17,21,23,36,38,44,46,52,54,57-58,61-62H,3-14,16,18-20,22,24-35,37,39-43,45,47-51,53,55-56H2,1-2H3,(H,60,63)/b17-15-,23-21-,38-36+,46-44+,54-52+. The molecule has 0 fully saturated rings. The smallest absolute Gasteiger partial charge is 0.220 e. The van der Waals surface area contributed by atoms with Crippen molar-refractivity contribution in [1.82, 2.24) is 5.32 Å². The molecular weight excluding hydrogens is 771 g/mol. The number of hydrogen-bond acceptors (Lipinski definition) is 3. The third kappa shape index (κ3) is 50.9. The molecule has 0 spiro atoms. The van der Waals surface area contributed by atoms with E-state index in [0.29, 0.717) is 6.42 Å². The van der Waals surface area contributed by atoms with Gasteiger partial charge in [0.1, 0.15) is 0 Å². The van der Waals surface area contributed by atoms with Crippen molar-refractivity contribution in [2.75, 3.05) is 6.61 Å². The highest BCUT2D eigenvalue weighted by Crippen LogP contribution is 2.16. The van der Waals surface area contributed by atoms with Gasteiger partial charge < -0.3 is 15.5 Å². The quantitative estimate of drug-likeness (QED) is 0.0421. The molecule has 0 saturated heterocycles. The van der Waals surface area contributed by atoms with E-state index >= 15 is 0 Å². The number of aliphatic hydroxyl groups is 2. The molecule has 0 aromatic carbocycles. The third-order valence-electron chi connectivity index (χ3n) is 12.7. The van der Waals surface area contributed by atoms with Crippen LogP contribution >= 0.6 is 0 Å². The van der Waals surface area contributed by atoms with Crippen molar-refractivity contribution in [3.8, 4) is 0 Å². The molecular formula is C59H109NO3. The lowest BCUT2D eigenvalue weighted by molar-refractivity contribution is -0.123. The van der Waals surface area contributed by atoms with E-state index < -0.39 is 12.1 Å². The molecule has 0 rings (SSSR count). The molecule has 63 heavy (non-hydrogen) atoms. The Hall–Kier alpha value is -1.91. The predicted octanol–water partition coefficient (Wildman–Crippen LogP) is 18.4. The largest absolute Gasteiger partial charge is 0.394 e. The van der Waals surface area contributed by atoms with Gasteiger partial charge in [-0.2, -0.15) is 0 Å². The third-order valence-corrected chi connectivity index (χ3v) is 12.7. The summed E-state index contributed by atoms with van der Waals surface area (Å²) in [5.41, 5.74) is 0. The van der Waals surface area contributed by atoms with E-state index in [4.69, 9.17) is 0 Å². The number of amides is 1. The van der Waals surface area contributed by atoms with Gasteiger partial charge in [-0.05, 0) is 77.0 Å². The van der Waals surface area contributed by atoms with Crippen LogP contribution in [0, 0.1) is 0 Å². The maximum absolute atomic E-state index is 12.5. The van der Waals surface area contributed by atoms with Crippen LogP contribution in [0.1, 0.15) is 290 Å². The Morgan fingerprint density at radius 3 is 1.02 bits per heavy atom. The van der Waals surface area contributed by atoms with Gasteiger partial charge in [-0.25, -0.2) is 0 Å². The Morgan fingerprint density at radius 1 is 0.381 bits per heavy atom. The topological polar surface area (TPSA) is 69.6 Å². The summed E-state index contributed by atoms with van der Waals surface area (Å²) in [6.07, 6.45) is 76.6. The molecule has 2 unspecified atom stereocenters. The Balaban J connectivity index is 3.56. The van der Waals surface area contributed by atoms with Crippen LogP contribution in [0.2, 0.25) is 0 Å². The molecule has 0 aromatic rings. The predicted molar refractivity (Wildman–Crippen MR) is 281 cm³/mol. The van der Waals surface area contributed by atoms with Gasteiger partial charge in [0, 0.05) is 6.42 Å². The number of nitrogens with one attached hydrogen (secondary N) is 1. The van der Waals surface area contributed by atoms with Crippen molar-refractivity contribution >= 4 is 5.91 Å². The number of carbonyl (C=O) groups excluding carboxylic acids is 1. The van der Waals surface area contributed by atoms with Crippen molar-refractivity contribution in [2.45, 2.75) is 302 Å². The van der Waals surface area contributed by atoms with E-state index in [0.717, 1.165) is 44.9 Å². The zero-order chi connectivity index (χ0) is 45.6. The van der Waals surface area contributed by atoms with Crippen molar-refractivity contribution in [3.63, 3.8) is 0 Å². The average molecular weight is 881 g/mol. The minimum atomic E-state index is -0.872. The second-order valence-corrected chi connectivity index (χ2v) is 19.0. The van der Waals surface area contributed by atoms with E-state index in [1.165, 1.54) is 225 Å². The summed E-state index contributed by atoms with van der Waals surface area (Å²) in [6.45, 7) is 4.30. The molecule has 0 aliphatic rings. The lowest BCUT2D eigenvalue weighted by Crippen LogP contribution is -2.45. The summed E-state index contributed by atoms with van der Waals surface area (Å²) in [4.78, 5) is 12.5. The monoisotopic (exact) mass is 880 g/mol. The summed E-state index contributed by atoms with van der Waals surface area (Å²) < 4.78 is 0. The second kappa shape index (κ2) is 54.4. The van der Waals surface area contributed by atoms with Crippen LogP contribution in [0.5, 0.6) is 0 Å². The Kier molecular flexibility index (Phi) is 52.8. The van der Waals surface area contributed by atoms with Crippen molar-refractivity contribution < 1.29 is 15.0 Å². The number of rotatable bonds is 51. The van der Waals surface area contributed by atoms with Crippen molar-refractivity contribution in [2.24, 2.45) is 0 Å². The summed E-state index contributed by atoms with van der Waals surface area (Å²) >= 11 is 0. The minimum Gasteiger partial charge on any atom is -0.394 e. The molecule has 0 heterocycles. The van der Waals surface area contributed by atoms with Crippen molar-refractivity contribution in [3.05, 3.63) is 60.8 Å². The lowest BCUT2D eigenvalue weighted by Gasteiger charge is -2.19. The molecule has 0 aliphatic heterocycles. The van der Waals surface area contributed by atoms with E-state index in [2.05, 4.69) is 67.8 Å². The van der Waals surface area contributed by atoms with E-state index in [1.54, 1.807) is 6.08 Å². The molecule has 0 bridgehead atoms. The molecule has 1 amide bonds. The number of unbranched alkanes of at least 4 members (excludes halogenated alkanes) is 36. The highest BCUT2D eigenvalue weighted by Gasteiger charge is 2.18. The molecule has 0 aromatic heterocycles. The first-order chi connectivity index (χ1) is 31.2. The molecule has 4 heteroatoms. The number of allylic oxidation sites excluding steroid dienone is 9. The van der Waals surface area contributed by atoms with Crippen LogP contribution in [0.3, 0.4) is 0 Å². The number of carbonyl (C=O) groups is 1. The lowest BCUT2D eigenvalue weighted by atomic mass is 10.0. The molecule has 0 aliphatic carbocycles. The van der Waals surface area contributed by atoms with Gasteiger partial charge in [0.2, 0.25) is 5.91 Å². The average Bonchev–Trinajstić information content (AvgIpc) is 3.29. The second-order valence-electron chi connectivity index (χ2n) is 19.0. The minimum absolute atomic E-state index is 0.0762. The summed E-state index contributed by atoms with van der Waals surface area (Å²) in [7, 11) is 0. The van der Waals surface area contributed by atoms with Gasteiger partial charge in [0.15, 0.2) is 0 Å². The number of hydrogen-bond donors (Lipinski definition) is 3. The fraction of sp³-hybridized carbons (Fsp3) is 0.814. The Bertz CT molecular complexity index is 1040. The van der Waals surface area contributed by atoms with Gasteiger partial charge in [-0.15, -0.1) is 0 Å². The Labute approximate surface area is 394 Å². The van der Waals surface area contributed by atoms with Gasteiger partial charge in [-0.3, -0.25) is 4.79 Å². The molecule has 368 valence electrons. The van der Waals surface area contributed by atoms with Gasteiger partial charge in [0.05, 0.1) is 18.8 Å². The summed E-state index contributed by atoms with van der Waals surface area (Å²) in [6, 6.07) is -0.648. The van der Waals surface area contributed by atoms with Crippen LogP contribution in [-0.2, 0) is 4.79 Å². The first-order valence-electron chi connectivity index (χ1n) is 28.0. The van der Waals surface area contributed by atoms with Crippen molar-refractivity contribution in [1.29, 1.82) is 0 Å². The SMILES string of the molecule is CCCCCCC/C=C\C/C=C\CCCCCCCCCCCCCCCCCC(=O)NC(CO)C(O)/C=C/CC/C=C/CC/C=C/CCCCCCCCCCCCCCCC. The fourth-order valence-electron chi connectivity index (χ4n) is 8.42.